The minimum absolute atomic E-state index is 0.0951. The maximum absolute atomic E-state index is 12.5. The number of aromatic nitrogens is 3. The quantitative estimate of drug-likeness (QED) is 0.720. The van der Waals surface area contributed by atoms with Crippen molar-refractivity contribution in [2.45, 2.75) is 0 Å². The van der Waals surface area contributed by atoms with Crippen LogP contribution in [0.5, 0.6) is 0 Å². The van der Waals surface area contributed by atoms with Gasteiger partial charge < -0.3 is 10.1 Å². The summed E-state index contributed by atoms with van der Waals surface area (Å²) < 4.78 is 4.62. The number of aromatic amines is 1. The van der Waals surface area contributed by atoms with Gasteiger partial charge in [0.15, 0.2) is 5.69 Å². The van der Waals surface area contributed by atoms with Gasteiger partial charge in [-0.25, -0.2) is 4.79 Å². The number of benzene rings is 1. The Morgan fingerprint density at radius 1 is 1.23 bits per heavy atom. The first kappa shape index (κ1) is 13.7. The Morgan fingerprint density at radius 3 is 2.91 bits per heavy atom. The van der Waals surface area contributed by atoms with Crippen molar-refractivity contribution in [1.29, 1.82) is 0 Å². The molecule has 1 aromatic carbocycles. The van der Waals surface area contributed by atoms with E-state index in [0.29, 0.717) is 5.56 Å². The molecule has 0 saturated carbocycles. The van der Waals surface area contributed by atoms with E-state index in [1.54, 1.807) is 30.6 Å². The van der Waals surface area contributed by atoms with Crippen LogP contribution >= 0.6 is 0 Å². The van der Waals surface area contributed by atoms with Crippen LogP contribution in [0.25, 0.3) is 10.8 Å². The van der Waals surface area contributed by atoms with Crippen LogP contribution in [0.2, 0.25) is 0 Å². The molecule has 22 heavy (non-hydrogen) atoms. The predicted molar refractivity (Wildman–Crippen MR) is 79.6 cm³/mol. The molecule has 0 saturated heterocycles. The third-order valence-corrected chi connectivity index (χ3v) is 3.20. The zero-order chi connectivity index (χ0) is 15.5. The van der Waals surface area contributed by atoms with Gasteiger partial charge in [0.1, 0.15) is 0 Å². The van der Waals surface area contributed by atoms with Crippen molar-refractivity contribution in [3.05, 3.63) is 54.1 Å². The van der Waals surface area contributed by atoms with Crippen LogP contribution in [-0.2, 0) is 4.74 Å². The van der Waals surface area contributed by atoms with Crippen molar-refractivity contribution in [2.75, 3.05) is 12.4 Å². The summed E-state index contributed by atoms with van der Waals surface area (Å²) >= 11 is 0. The van der Waals surface area contributed by atoms with Gasteiger partial charge in [-0.3, -0.25) is 14.9 Å². The second kappa shape index (κ2) is 5.65. The fraction of sp³-hybridized carbons (Fsp3) is 0.0667. The average Bonchev–Trinajstić information content (AvgIpc) is 3.01. The third kappa shape index (κ3) is 2.39. The lowest BCUT2D eigenvalue weighted by Gasteiger charge is -2.07. The molecule has 0 aliphatic heterocycles. The number of fused-ring (bicyclic) bond motifs is 1. The lowest BCUT2D eigenvalue weighted by Crippen LogP contribution is -2.15. The number of methoxy groups -OCH3 is 1. The highest BCUT2D eigenvalue weighted by atomic mass is 16.5. The van der Waals surface area contributed by atoms with Crippen molar-refractivity contribution < 1.29 is 14.3 Å². The van der Waals surface area contributed by atoms with Crippen LogP contribution in [0.15, 0.2) is 42.9 Å². The maximum Gasteiger partial charge on any atom is 0.358 e. The number of hydrogen-bond acceptors (Lipinski definition) is 5. The molecule has 0 atom stereocenters. The number of pyridine rings is 1. The van der Waals surface area contributed by atoms with E-state index in [0.717, 1.165) is 10.8 Å². The van der Waals surface area contributed by atoms with Gasteiger partial charge in [-0.2, -0.15) is 5.10 Å². The molecule has 0 fully saturated rings. The zero-order valence-corrected chi connectivity index (χ0v) is 11.7. The summed E-state index contributed by atoms with van der Waals surface area (Å²) in [4.78, 5) is 28.1. The van der Waals surface area contributed by atoms with E-state index in [4.69, 9.17) is 0 Å². The normalized spacial score (nSPS) is 10.4. The first-order valence-corrected chi connectivity index (χ1v) is 6.46. The summed E-state index contributed by atoms with van der Waals surface area (Å²) in [6.45, 7) is 0. The molecule has 0 unspecified atom stereocenters. The molecule has 0 bridgehead atoms. The minimum atomic E-state index is -0.602. The van der Waals surface area contributed by atoms with Crippen molar-refractivity contribution in [2.24, 2.45) is 0 Å². The lowest BCUT2D eigenvalue weighted by atomic mass is 10.1. The Balaban J connectivity index is 1.95. The topological polar surface area (TPSA) is 97.0 Å². The number of carbonyl (C=O) groups excluding carboxylic acids is 2. The second-order valence-corrected chi connectivity index (χ2v) is 4.51. The lowest BCUT2D eigenvalue weighted by molar-refractivity contribution is 0.0595. The number of anilines is 1. The summed E-state index contributed by atoms with van der Waals surface area (Å²) in [7, 11) is 1.26. The molecule has 0 spiro atoms. The number of esters is 1. The number of amides is 1. The summed E-state index contributed by atoms with van der Waals surface area (Å²) in [5.41, 5.74) is 0.845. The average molecular weight is 296 g/mol. The molecular weight excluding hydrogens is 284 g/mol. The molecule has 0 aliphatic carbocycles. The van der Waals surface area contributed by atoms with Crippen LogP contribution in [0, 0.1) is 0 Å². The van der Waals surface area contributed by atoms with Crippen molar-refractivity contribution in [1.82, 2.24) is 15.2 Å². The molecule has 2 N–H and O–H groups in total. The summed E-state index contributed by atoms with van der Waals surface area (Å²) in [5, 5.41) is 10.5. The molecule has 2 aromatic heterocycles. The van der Waals surface area contributed by atoms with E-state index < -0.39 is 5.97 Å². The second-order valence-electron chi connectivity index (χ2n) is 4.51. The van der Waals surface area contributed by atoms with Gasteiger partial charge in [-0.1, -0.05) is 12.1 Å². The number of hydrogen-bond donors (Lipinski definition) is 2. The molecule has 110 valence electrons. The molecule has 7 nitrogen and oxygen atoms in total. The number of H-pyrrole nitrogens is 1. The molecule has 1 amide bonds. The Morgan fingerprint density at radius 2 is 2.09 bits per heavy atom. The van der Waals surface area contributed by atoms with Gasteiger partial charge in [-0.05, 0) is 17.5 Å². The molecule has 2 heterocycles. The highest BCUT2D eigenvalue weighted by molar-refractivity contribution is 6.14. The smallest absolute Gasteiger partial charge is 0.358 e. The van der Waals surface area contributed by atoms with Gasteiger partial charge in [0, 0.05) is 23.3 Å². The van der Waals surface area contributed by atoms with E-state index >= 15 is 0 Å². The largest absolute Gasteiger partial charge is 0.464 e. The number of carbonyl (C=O) groups is 2. The van der Waals surface area contributed by atoms with E-state index in [1.165, 1.54) is 13.3 Å². The van der Waals surface area contributed by atoms with Crippen LogP contribution < -0.4 is 5.32 Å². The SMILES string of the molecule is COC(=O)c1[nH]ncc1NC(=O)c1cccc2cnccc12. The molecular formula is C15H12N4O3. The first-order valence-electron chi connectivity index (χ1n) is 6.46. The Labute approximate surface area is 125 Å². The maximum atomic E-state index is 12.5. The molecule has 0 aliphatic rings. The highest BCUT2D eigenvalue weighted by Gasteiger charge is 2.18. The minimum Gasteiger partial charge on any atom is -0.464 e. The molecule has 0 radical (unpaired) electrons. The van der Waals surface area contributed by atoms with Crippen molar-refractivity contribution in [3.8, 4) is 0 Å². The van der Waals surface area contributed by atoms with Gasteiger partial charge in [0.05, 0.1) is 19.0 Å². The van der Waals surface area contributed by atoms with Crippen LogP contribution in [0.3, 0.4) is 0 Å². The summed E-state index contributed by atoms with van der Waals surface area (Å²) in [6, 6.07) is 7.11. The van der Waals surface area contributed by atoms with E-state index in [9.17, 15) is 9.59 Å². The van der Waals surface area contributed by atoms with Gasteiger partial charge in [0.2, 0.25) is 0 Å². The van der Waals surface area contributed by atoms with E-state index in [2.05, 4.69) is 25.2 Å². The predicted octanol–water partition coefficient (Wildman–Crippen LogP) is 2.00. The number of nitrogens with one attached hydrogen (secondary N) is 2. The summed E-state index contributed by atoms with van der Waals surface area (Å²) in [6.07, 6.45) is 4.66. The van der Waals surface area contributed by atoms with Crippen molar-refractivity contribution >= 4 is 28.3 Å². The van der Waals surface area contributed by atoms with Crippen molar-refractivity contribution in [3.63, 3.8) is 0 Å². The van der Waals surface area contributed by atoms with Crippen LogP contribution in [0.4, 0.5) is 5.69 Å². The van der Waals surface area contributed by atoms with Gasteiger partial charge >= 0.3 is 5.97 Å². The Hall–Kier alpha value is -3.22. The fourth-order valence-corrected chi connectivity index (χ4v) is 2.15. The molecule has 7 heteroatoms. The monoisotopic (exact) mass is 296 g/mol. The molecule has 3 rings (SSSR count). The number of ether oxygens (including phenoxy) is 1. The van der Waals surface area contributed by atoms with Gasteiger partial charge in [-0.15, -0.1) is 0 Å². The fourth-order valence-electron chi connectivity index (χ4n) is 2.15. The van der Waals surface area contributed by atoms with Crippen LogP contribution in [0.1, 0.15) is 20.8 Å². The van der Waals surface area contributed by atoms with Gasteiger partial charge in [0.25, 0.3) is 5.91 Å². The number of rotatable bonds is 3. The standard InChI is InChI=1S/C15H12N4O3/c1-22-15(21)13-12(8-17-19-13)18-14(20)11-4-2-3-9-7-16-6-5-10(9)11/h2-8H,1H3,(H,17,19)(H,18,20). The van der Waals surface area contributed by atoms with E-state index in [1.807, 2.05) is 6.07 Å². The number of nitrogens with zero attached hydrogens (tertiary/aromatic N) is 2. The highest BCUT2D eigenvalue weighted by Crippen LogP contribution is 2.20. The summed E-state index contributed by atoms with van der Waals surface area (Å²) in [5.74, 6) is -0.946. The molecule has 3 aromatic rings. The Bertz CT molecular complexity index is 851. The van der Waals surface area contributed by atoms with Crippen LogP contribution in [-0.4, -0.2) is 34.2 Å². The third-order valence-electron chi connectivity index (χ3n) is 3.20. The zero-order valence-electron chi connectivity index (χ0n) is 11.7. The Kier molecular flexibility index (Phi) is 3.53. The first-order chi connectivity index (χ1) is 10.7. The van der Waals surface area contributed by atoms with E-state index in [-0.39, 0.29) is 17.3 Å².